The number of hydrogen-bond donors (Lipinski definition) is 0. The number of aromatic nitrogens is 2. The summed E-state index contributed by atoms with van der Waals surface area (Å²) in [6, 6.07) is 7.11. The van der Waals surface area contributed by atoms with Gasteiger partial charge < -0.3 is 14.2 Å². The third-order valence-electron chi connectivity index (χ3n) is 9.58. The maximum atomic E-state index is 13.3. The van der Waals surface area contributed by atoms with Crippen molar-refractivity contribution in [3.63, 3.8) is 0 Å². The predicted octanol–water partition coefficient (Wildman–Crippen LogP) is 5.33. The Labute approximate surface area is 229 Å². The van der Waals surface area contributed by atoms with Crippen molar-refractivity contribution >= 4 is 22.7 Å². The van der Waals surface area contributed by atoms with Crippen molar-refractivity contribution in [3.8, 4) is 11.8 Å². The van der Waals surface area contributed by atoms with Gasteiger partial charge >= 0.3 is 0 Å². The molecule has 7 nitrogen and oxygen atoms in total. The van der Waals surface area contributed by atoms with Gasteiger partial charge in [-0.15, -0.1) is 0 Å². The summed E-state index contributed by atoms with van der Waals surface area (Å²) in [7, 11) is 3.56. The molecule has 1 saturated heterocycles. The lowest BCUT2D eigenvalue weighted by Crippen LogP contribution is -2.46. The van der Waals surface area contributed by atoms with E-state index in [0.29, 0.717) is 40.5 Å². The van der Waals surface area contributed by atoms with E-state index >= 15 is 0 Å². The Kier molecular flexibility index (Phi) is 6.66. The highest BCUT2D eigenvalue weighted by atomic mass is 16.5. The Morgan fingerprint density at radius 1 is 1.13 bits per heavy atom. The van der Waals surface area contributed by atoms with Gasteiger partial charge in [0.2, 0.25) is 5.91 Å². The molecule has 7 heteroatoms. The van der Waals surface area contributed by atoms with E-state index in [-0.39, 0.29) is 18.1 Å². The van der Waals surface area contributed by atoms with E-state index < -0.39 is 0 Å². The molecular formula is C32H36N4O3. The monoisotopic (exact) mass is 524 g/mol. The number of rotatable bonds is 6. The number of carbonyl (C=O) groups excluding carboxylic acids is 2. The van der Waals surface area contributed by atoms with Crippen LogP contribution in [0.4, 0.5) is 0 Å². The third kappa shape index (κ3) is 4.40. The fourth-order valence-electron chi connectivity index (χ4n) is 7.59. The van der Waals surface area contributed by atoms with Gasteiger partial charge in [0.1, 0.15) is 17.5 Å². The number of aryl methyl sites for hydroxylation is 2. The lowest BCUT2D eigenvalue weighted by Gasteiger charge is -2.39. The number of piperidine rings is 1. The highest BCUT2D eigenvalue weighted by molar-refractivity contribution is 5.99. The molecule has 6 rings (SSSR count). The summed E-state index contributed by atoms with van der Waals surface area (Å²) in [6.45, 7) is 3.82. The summed E-state index contributed by atoms with van der Waals surface area (Å²) in [5, 5.41) is 10.6. The summed E-state index contributed by atoms with van der Waals surface area (Å²) < 4.78 is 7.34. The van der Waals surface area contributed by atoms with Crippen LogP contribution >= 0.6 is 0 Å². The Morgan fingerprint density at radius 2 is 1.85 bits per heavy atom. The number of carbonyl (C=O) groups is 2. The molecule has 1 amide bonds. The molecule has 1 aromatic carbocycles. The second-order valence-corrected chi connectivity index (χ2v) is 11.8. The van der Waals surface area contributed by atoms with Crippen molar-refractivity contribution < 1.29 is 14.3 Å². The van der Waals surface area contributed by atoms with Gasteiger partial charge in [-0.05, 0) is 85.3 Å². The predicted molar refractivity (Wildman–Crippen MR) is 149 cm³/mol. The van der Waals surface area contributed by atoms with Crippen LogP contribution < -0.4 is 4.74 Å². The standard InChI is InChI=1S/C32H36N4O3/c1-19-25(13-27(37)21-10-11-28(39-3)24(12-21)14-33)15-34-31-29(19)26(18-35(31)2)30-22-8-9-23(30)17-36(16-22)32(38)20-6-4-5-7-20/h10-12,15,18,20,22-23,30H,4-9,13,16-17H2,1-3H3/t22-,23+,30?. The maximum Gasteiger partial charge on any atom is 0.225 e. The van der Waals surface area contributed by atoms with Crippen LogP contribution in [0.2, 0.25) is 0 Å². The summed E-state index contributed by atoms with van der Waals surface area (Å²) >= 11 is 0. The molecule has 0 spiro atoms. The second-order valence-electron chi connectivity index (χ2n) is 11.8. The second kappa shape index (κ2) is 10.1. The highest BCUT2D eigenvalue weighted by Gasteiger charge is 2.46. The number of methoxy groups -OCH3 is 1. The van der Waals surface area contributed by atoms with Crippen LogP contribution in [0.15, 0.2) is 30.6 Å². The van der Waals surface area contributed by atoms with Crippen molar-refractivity contribution in [2.24, 2.45) is 24.8 Å². The molecule has 202 valence electrons. The largest absolute Gasteiger partial charge is 0.495 e. The lowest BCUT2D eigenvalue weighted by molar-refractivity contribution is -0.137. The summed E-state index contributed by atoms with van der Waals surface area (Å²) in [5.41, 5.74) is 5.13. The van der Waals surface area contributed by atoms with Crippen LogP contribution in [0.25, 0.3) is 11.0 Å². The van der Waals surface area contributed by atoms with E-state index in [9.17, 15) is 14.9 Å². The number of ketones is 1. The van der Waals surface area contributed by atoms with E-state index in [0.717, 1.165) is 60.9 Å². The zero-order chi connectivity index (χ0) is 27.3. The summed E-state index contributed by atoms with van der Waals surface area (Å²) in [6.07, 6.45) is 11.1. The topological polar surface area (TPSA) is 88.2 Å². The van der Waals surface area contributed by atoms with Crippen LogP contribution in [0.3, 0.4) is 0 Å². The minimum absolute atomic E-state index is 0.0466. The van der Waals surface area contributed by atoms with Gasteiger partial charge in [-0.1, -0.05) is 12.8 Å². The third-order valence-corrected chi connectivity index (χ3v) is 9.58. The van der Waals surface area contributed by atoms with E-state index in [4.69, 9.17) is 9.72 Å². The first-order valence-electron chi connectivity index (χ1n) is 14.2. The Balaban J connectivity index is 1.29. The number of ether oxygens (including phenoxy) is 1. The summed E-state index contributed by atoms with van der Waals surface area (Å²) in [5.74, 6) is 2.38. The zero-order valence-corrected chi connectivity index (χ0v) is 23.1. The quantitative estimate of drug-likeness (QED) is 0.407. The fraction of sp³-hybridized carbons (Fsp3) is 0.500. The fourth-order valence-corrected chi connectivity index (χ4v) is 7.59. The van der Waals surface area contributed by atoms with E-state index in [1.807, 2.05) is 13.2 Å². The van der Waals surface area contributed by atoms with Gasteiger partial charge in [0, 0.05) is 55.8 Å². The van der Waals surface area contributed by atoms with Crippen molar-refractivity contribution in [3.05, 3.63) is 58.4 Å². The number of nitrogens with zero attached hydrogens (tertiary/aromatic N) is 4. The number of Topliss-reactive ketones (excluding diaryl/α,β-unsaturated/α-hetero) is 1. The molecule has 3 heterocycles. The first-order valence-corrected chi connectivity index (χ1v) is 14.2. The zero-order valence-electron chi connectivity index (χ0n) is 23.1. The molecule has 2 aliphatic carbocycles. The van der Waals surface area contributed by atoms with Crippen molar-refractivity contribution in [2.45, 2.75) is 57.8 Å². The average molecular weight is 525 g/mol. The van der Waals surface area contributed by atoms with Gasteiger partial charge in [0.15, 0.2) is 5.78 Å². The van der Waals surface area contributed by atoms with Gasteiger partial charge in [-0.2, -0.15) is 5.26 Å². The molecule has 39 heavy (non-hydrogen) atoms. The maximum absolute atomic E-state index is 13.3. The molecule has 0 N–H and O–H groups in total. The molecule has 0 radical (unpaired) electrons. The van der Waals surface area contributed by atoms with Gasteiger partial charge in [0.25, 0.3) is 0 Å². The number of fused-ring (bicyclic) bond motifs is 3. The number of nitriles is 1. The van der Waals surface area contributed by atoms with Crippen LogP contribution in [-0.2, 0) is 18.3 Å². The molecule has 3 aliphatic rings. The van der Waals surface area contributed by atoms with Crippen molar-refractivity contribution in [1.82, 2.24) is 14.5 Å². The molecule has 2 aromatic heterocycles. The molecule has 2 bridgehead atoms. The normalized spacial score (nSPS) is 22.8. The van der Waals surface area contributed by atoms with Crippen LogP contribution in [0.5, 0.6) is 5.75 Å². The summed E-state index contributed by atoms with van der Waals surface area (Å²) in [4.78, 5) is 33.5. The van der Waals surface area contributed by atoms with Crippen LogP contribution in [0.1, 0.15) is 77.1 Å². The van der Waals surface area contributed by atoms with Crippen molar-refractivity contribution in [1.29, 1.82) is 5.26 Å². The van der Waals surface area contributed by atoms with E-state index in [1.165, 1.54) is 25.5 Å². The van der Waals surface area contributed by atoms with Gasteiger partial charge in [-0.25, -0.2) is 4.98 Å². The van der Waals surface area contributed by atoms with E-state index in [2.05, 4.69) is 28.7 Å². The minimum Gasteiger partial charge on any atom is -0.495 e. The van der Waals surface area contributed by atoms with Crippen LogP contribution in [-0.4, -0.2) is 46.3 Å². The highest BCUT2D eigenvalue weighted by Crippen LogP contribution is 2.50. The Hall–Kier alpha value is -3.66. The number of pyridine rings is 1. The van der Waals surface area contributed by atoms with Crippen LogP contribution in [0, 0.1) is 36.0 Å². The SMILES string of the molecule is COc1ccc(C(=O)Cc2cnc3c(c(C4[C@@H]5CC[C@H]4CN(C(=O)C4CCCC4)C5)cn3C)c2C)cc1C#N. The minimum atomic E-state index is -0.0466. The number of amides is 1. The molecule has 2 saturated carbocycles. The van der Waals surface area contributed by atoms with Crippen molar-refractivity contribution in [2.75, 3.05) is 20.2 Å². The first-order chi connectivity index (χ1) is 18.9. The smallest absolute Gasteiger partial charge is 0.225 e. The Morgan fingerprint density at radius 3 is 2.51 bits per heavy atom. The lowest BCUT2D eigenvalue weighted by atomic mass is 9.79. The number of hydrogen-bond acceptors (Lipinski definition) is 5. The Bertz CT molecular complexity index is 1480. The molecule has 3 atom stereocenters. The molecular weight excluding hydrogens is 488 g/mol. The van der Waals surface area contributed by atoms with Gasteiger partial charge in [-0.3, -0.25) is 9.59 Å². The number of benzene rings is 1. The van der Waals surface area contributed by atoms with E-state index in [1.54, 1.807) is 18.2 Å². The van der Waals surface area contributed by atoms with Gasteiger partial charge in [0.05, 0.1) is 12.7 Å². The molecule has 3 aromatic rings. The molecule has 1 aliphatic heterocycles. The first kappa shape index (κ1) is 25.6. The number of likely N-dealkylation sites (tertiary alicyclic amines) is 1. The molecule has 3 fully saturated rings. The molecule has 1 unspecified atom stereocenters. The average Bonchev–Trinajstić information content (AvgIpc) is 3.66.